The van der Waals surface area contributed by atoms with Gasteiger partial charge in [-0.05, 0) is 12.1 Å². The van der Waals surface area contributed by atoms with Crippen LogP contribution in [0.15, 0.2) is 36.7 Å². The molecule has 1 fully saturated rings. The molecule has 1 aliphatic heterocycles. The first-order chi connectivity index (χ1) is 13.1. The number of halogens is 1. The number of hydrogen-bond acceptors (Lipinski definition) is 8. The predicted molar refractivity (Wildman–Crippen MR) is 95.9 cm³/mol. The van der Waals surface area contributed by atoms with Crippen molar-refractivity contribution in [3.8, 4) is 0 Å². The molecule has 0 radical (unpaired) electrons. The Hall–Kier alpha value is -2.75. The molecule has 0 aliphatic carbocycles. The fourth-order valence-corrected chi connectivity index (χ4v) is 3.00. The van der Waals surface area contributed by atoms with Crippen LogP contribution in [0.1, 0.15) is 23.0 Å². The average molecular weight is 390 g/mol. The van der Waals surface area contributed by atoms with E-state index in [9.17, 15) is 4.79 Å². The molecular weight excluding hydrogens is 374 g/mol. The van der Waals surface area contributed by atoms with E-state index in [4.69, 9.17) is 31.5 Å². The molecule has 0 unspecified atom stereocenters. The molecule has 3 heterocycles. The number of nitrogens with zero attached hydrogens (tertiary/aromatic N) is 4. The van der Waals surface area contributed by atoms with Gasteiger partial charge in [0.05, 0.1) is 18.5 Å². The molecule has 10 heteroatoms. The third kappa shape index (κ3) is 3.70. The van der Waals surface area contributed by atoms with Gasteiger partial charge in [0.25, 0.3) is 0 Å². The Morgan fingerprint density at radius 1 is 1.33 bits per heavy atom. The minimum atomic E-state index is -0.705. The number of esters is 1. The smallest absolute Gasteiger partial charge is 0.338 e. The highest BCUT2D eigenvalue weighted by Crippen LogP contribution is 2.28. The van der Waals surface area contributed by atoms with Crippen LogP contribution in [-0.2, 0) is 14.2 Å². The molecule has 27 heavy (non-hydrogen) atoms. The predicted octanol–water partition coefficient (Wildman–Crippen LogP) is 2.18. The van der Waals surface area contributed by atoms with Gasteiger partial charge in [-0.25, -0.2) is 9.78 Å². The van der Waals surface area contributed by atoms with Gasteiger partial charge >= 0.3 is 5.97 Å². The molecule has 4 rings (SSSR count). The zero-order valence-corrected chi connectivity index (χ0v) is 14.9. The van der Waals surface area contributed by atoms with E-state index in [-0.39, 0.29) is 17.7 Å². The van der Waals surface area contributed by atoms with Crippen LogP contribution in [0.3, 0.4) is 0 Å². The van der Waals surface area contributed by atoms with Crippen LogP contribution in [0.5, 0.6) is 0 Å². The maximum Gasteiger partial charge on any atom is 0.338 e. The summed E-state index contributed by atoms with van der Waals surface area (Å²) in [6, 6.07) is 8.72. The van der Waals surface area contributed by atoms with Crippen molar-refractivity contribution in [2.45, 2.75) is 18.9 Å². The maximum atomic E-state index is 12.1. The summed E-state index contributed by atoms with van der Waals surface area (Å²) < 4.78 is 18.4. The molecule has 0 bridgehead atoms. The quantitative estimate of drug-likeness (QED) is 0.533. The fourth-order valence-electron chi connectivity index (χ4n) is 2.78. The van der Waals surface area contributed by atoms with Crippen molar-refractivity contribution >= 4 is 34.7 Å². The summed E-state index contributed by atoms with van der Waals surface area (Å²) in [4.78, 5) is 24.3. The number of nitrogen functional groups attached to an aromatic ring is 1. The summed E-state index contributed by atoms with van der Waals surface area (Å²) in [6.07, 6.45) is 1.02. The van der Waals surface area contributed by atoms with Gasteiger partial charge in [-0.1, -0.05) is 29.8 Å². The third-order valence-electron chi connectivity index (χ3n) is 4.04. The maximum absolute atomic E-state index is 12.1. The van der Waals surface area contributed by atoms with Gasteiger partial charge in [0, 0.05) is 6.42 Å². The van der Waals surface area contributed by atoms with Crippen LogP contribution in [-0.4, -0.2) is 45.0 Å². The first-order valence-corrected chi connectivity index (χ1v) is 8.64. The summed E-state index contributed by atoms with van der Waals surface area (Å²) in [6.45, 7) is 0.390. The standard InChI is InChI=1S/C17H16ClN5O4/c18-14-13-15(22-17(19)21-14)23(9-20-13)11-6-7-25-12(27-11)8-26-16(24)10-4-2-1-3-5-10/h1-5,9,11-12H,6-8H2,(H2,19,21,22)/t11-,12-/m0/s1. The Morgan fingerprint density at radius 2 is 2.15 bits per heavy atom. The second-order valence-electron chi connectivity index (χ2n) is 5.84. The van der Waals surface area contributed by atoms with Crippen LogP contribution >= 0.6 is 11.6 Å². The Morgan fingerprint density at radius 3 is 2.96 bits per heavy atom. The molecule has 1 aliphatic rings. The Bertz CT molecular complexity index is 965. The number of imidazole rings is 1. The number of rotatable bonds is 4. The van der Waals surface area contributed by atoms with Crippen LogP contribution in [0.4, 0.5) is 5.95 Å². The summed E-state index contributed by atoms with van der Waals surface area (Å²) in [7, 11) is 0. The first kappa shape index (κ1) is 17.7. The number of carbonyl (C=O) groups excluding carboxylic acids is 1. The molecular formula is C17H16ClN5O4. The second-order valence-corrected chi connectivity index (χ2v) is 6.20. The molecule has 9 nitrogen and oxygen atoms in total. The van der Waals surface area contributed by atoms with Crippen LogP contribution in [0, 0.1) is 0 Å². The van der Waals surface area contributed by atoms with Gasteiger partial charge in [-0.15, -0.1) is 0 Å². The van der Waals surface area contributed by atoms with Gasteiger partial charge in [-0.3, -0.25) is 4.57 Å². The minimum Gasteiger partial charge on any atom is -0.457 e. The topological polar surface area (TPSA) is 114 Å². The highest BCUT2D eigenvalue weighted by atomic mass is 35.5. The first-order valence-electron chi connectivity index (χ1n) is 8.26. The molecule has 2 atom stereocenters. The van der Waals surface area contributed by atoms with Crippen LogP contribution < -0.4 is 5.73 Å². The minimum absolute atomic E-state index is 0.0330. The molecule has 0 saturated carbocycles. The Labute approximate surface area is 159 Å². The van der Waals surface area contributed by atoms with Crippen molar-refractivity contribution < 1.29 is 19.0 Å². The molecule has 2 aromatic heterocycles. The van der Waals surface area contributed by atoms with E-state index in [1.54, 1.807) is 35.2 Å². The number of anilines is 1. The fraction of sp³-hybridized carbons (Fsp3) is 0.294. The van der Waals surface area contributed by atoms with E-state index in [0.29, 0.717) is 29.8 Å². The van der Waals surface area contributed by atoms with Crippen molar-refractivity contribution in [3.05, 3.63) is 47.4 Å². The number of benzene rings is 1. The number of nitrogens with two attached hydrogens (primary N) is 1. The summed E-state index contributed by atoms with van der Waals surface area (Å²) in [5.74, 6) is -0.389. The Balaban J connectivity index is 1.45. The summed E-state index contributed by atoms with van der Waals surface area (Å²) in [5.41, 5.74) is 7.05. The lowest BCUT2D eigenvalue weighted by atomic mass is 10.2. The Kier molecular flexibility index (Phi) is 4.88. The van der Waals surface area contributed by atoms with Gasteiger partial charge < -0.3 is 19.9 Å². The zero-order valence-electron chi connectivity index (χ0n) is 14.1. The number of aromatic nitrogens is 4. The van der Waals surface area contributed by atoms with Crippen LogP contribution in [0.2, 0.25) is 5.15 Å². The zero-order chi connectivity index (χ0) is 18.8. The molecule has 3 aromatic rings. The normalized spacial score (nSPS) is 19.9. The highest BCUT2D eigenvalue weighted by molar-refractivity contribution is 6.33. The van der Waals surface area contributed by atoms with Crippen molar-refractivity contribution in [3.63, 3.8) is 0 Å². The van der Waals surface area contributed by atoms with E-state index in [0.717, 1.165) is 0 Å². The van der Waals surface area contributed by atoms with Gasteiger partial charge in [0.2, 0.25) is 5.95 Å². The van der Waals surface area contributed by atoms with E-state index >= 15 is 0 Å². The van der Waals surface area contributed by atoms with Gasteiger partial charge in [0.15, 0.2) is 17.1 Å². The number of hydrogen-bond donors (Lipinski definition) is 1. The molecule has 1 aromatic carbocycles. The number of carbonyl (C=O) groups is 1. The average Bonchev–Trinajstić information content (AvgIpc) is 3.11. The molecule has 140 valence electrons. The van der Waals surface area contributed by atoms with E-state index < -0.39 is 18.5 Å². The van der Waals surface area contributed by atoms with E-state index in [1.165, 1.54) is 0 Å². The summed E-state index contributed by atoms with van der Waals surface area (Å²) >= 11 is 6.06. The molecule has 0 spiro atoms. The van der Waals surface area contributed by atoms with Gasteiger partial charge in [-0.2, -0.15) is 9.97 Å². The van der Waals surface area contributed by atoms with Crippen LogP contribution in [0.25, 0.3) is 11.2 Å². The highest BCUT2D eigenvalue weighted by Gasteiger charge is 2.27. The second kappa shape index (κ2) is 7.47. The van der Waals surface area contributed by atoms with Crippen molar-refractivity contribution in [2.75, 3.05) is 18.9 Å². The molecule has 2 N–H and O–H groups in total. The third-order valence-corrected chi connectivity index (χ3v) is 4.31. The number of fused-ring (bicyclic) bond motifs is 1. The van der Waals surface area contributed by atoms with E-state index in [1.807, 2.05) is 6.07 Å². The lowest BCUT2D eigenvalue weighted by Gasteiger charge is -2.30. The monoisotopic (exact) mass is 389 g/mol. The largest absolute Gasteiger partial charge is 0.457 e. The van der Waals surface area contributed by atoms with Gasteiger partial charge in [0.1, 0.15) is 18.4 Å². The van der Waals surface area contributed by atoms with Crippen molar-refractivity contribution in [2.24, 2.45) is 0 Å². The van der Waals surface area contributed by atoms with Crippen molar-refractivity contribution in [1.29, 1.82) is 0 Å². The number of ether oxygens (including phenoxy) is 3. The lowest BCUT2D eigenvalue weighted by Crippen LogP contribution is -2.34. The SMILES string of the molecule is Nc1nc(Cl)c2ncn([C@@H]3CCO[C@H](COC(=O)c4ccccc4)O3)c2n1. The van der Waals surface area contributed by atoms with Crippen molar-refractivity contribution in [1.82, 2.24) is 19.5 Å². The summed E-state index contributed by atoms with van der Waals surface area (Å²) in [5, 5.41) is 0.177. The lowest BCUT2D eigenvalue weighted by molar-refractivity contribution is -0.245. The molecule has 1 saturated heterocycles. The van der Waals surface area contributed by atoms with E-state index in [2.05, 4.69) is 15.0 Å². The molecule has 0 amide bonds.